The van der Waals surface area contributed by atoms with Gasteiger partial charge in [0.2, 0.25) is 5.69 Å². The number of aromatic nitrogens is 1. The van der Waals surface area contributed by atoms with Crippen LogP contribution >= 0.6 is 11.6 Å². The quantitative estimate of drug-likeness (QED) is 0.555. The number of anilines is 1. The van der Waals surface area contributed by atoms with Gasteiger partial charge in [-0.3, -0.25) is 15.0 Å². The second kappa shape index (κ2) is 8.66. The van der Waals surface area contributed by atoms with Crippen LogP contribution in [0.25, 0.3) is 0 Å². The van der Waals surface area contributed by atoms with Gasteiger partial charge < -0.3 is 9.64 Å². The van der Waals surface area contributed by atoms with E-state index >= 15 is 0 Å². The van der Waals surface area contributed by atoms with Crippen molar-refractivity contribution in [1.82, 2.24) is 9.88 Å². The van der Waals surface area contributed by atoms with Crippen LogP contribution < -0.4 is 9.64 Å². The molecule has 3 rings (SSSR count). The number of benzene rings is 1. The van der Waals surface area contributed by atoms with Crippen LogP contribution in [0.15, 0.2) is 36.4 Å². The van der Waals surface area contributed by atoms with Crippen molar-refractivity contribution in [1.29, 1.82) is 5.26 Å². The van der Waals surface area contributed by atoms with E-state index < -0.39 is 4.92 Å². The van der Waals surface area contributed by atoms with E-state index in [1.165, 1.54) is 6.07 Å². The van der Waals surface area contributed by atoms with E-state index in [2.05, 4.69) is 9.88 Å². The molecule has 1 aromatic carbocycles. The van der Waals surface area contributed by atoms with Gasteiger partial charge in [-0.25, -0.2) is 4.98 Å². The standard InChI is InChI=1S/C18H18ClN5O3/c19-14-1-3-15(4-2-14)27-12-11-22-7-9-23(10-8-22)18-6-5-17(24(25)26)16(13-20)21-18/h1-6H,7-12H2. The van der Waals surface area contributed by atoms with Gasteiger partial charge in [-0.05, 0) is 30.3 Å². The highest BCUT2D eigenvalue weighted by Gasteiger charge is 2.21. The average Bonchev–Trinajstić information content (AvgIpc) is 2.69. The van der Waals surface area contributed by atoms with E-state index in [0.29, 0.717) is 17.4 Å². The maximum atomic E-state index is 10.9. The summed E-state index contributed by atoms with van der Waals surface area (Å²) in [5.41, 5.74) is -0.421. The van der Waals surface area contributed by atoms with Crippen molar-refractivity contribution in [3.63, 3.8) is 0 Å². The number of nitro groups is 1. The van der Waals surface area contributed by atoms with Gasteiger partial charge in [-0.2, -0.15) is 5.26 Å². The van der Waals surface area contributed by atoms with Crippen molar-refractivity contribution in [3.8, 4) is 11.8 Å². The molecule has 0 saturated carbocycles. The zero-order valence-corrected chi connectivity index (χ0v) is 15.3. The lowest BCUT2D eigenvalue weighted by Crippen LogP contribution is -2.47. The number of piperazine rings is 1. The van der Waals surface area contributed by atoms with Crippen molar-refractivity contribution < 1.29 is 9.66 Å². The van der Waals surface area contributed by atoms with Crippen LogP contribution in [0.2, 0.25) is 5.02 Å². The minimum absolute atomic E-state index is 0.156. The molecule has 1 aliphatic heterocycles. The van der Waals surface area contributed by atoms with E-state index in [-0.39, 0.29) is 11.4 Å². The van der Waals surface area contributed by atoms with Crippen LogP contribution in [0, 0.1) is 21.4 Å². The zero-order chi connectivity index (χ0) is 19.2. The Kier molecular flexibility index (Phi) is 6.06. The Bertz CT molecular complexity index is 845. The van der Waals surface area contributed by atoms with Crippen molar-refractivity contribution in [2.24, 2.45) is 0 Å². The van der Waals surface area contributed by atoms with Crippen molar-refractivity contribution in [3.05, 3.63) is 57.2 Å². The lowest BCUT2D eigenvalue weighted by atomic mass is 10.2. The second-order valence-corrected chi connectivity index (χ2v) is 6.47. The third-order valence-corrected chi connectivity index (χ3v) is 4.60. The summed E-state index contributed by atoms with van der Waals surface area (Å²) in [5, 5.41) is 20.7. The summed E-state index contributed by atoms with van der Waals surface area (Å²) in [6.07, 6.45) is 0. The average molecular weight is 388 g/mol. The molecule has 2 heterocycles. The van der Waals surface area contributed by atoms with Crippen molar-refractivity contribution in [2.75, 3.05) is 44.2 Å². The number of rotatable bonds is 6. The number of nitrogens with zero attached hydrogens (tertiary/aromatic N) is 5. The Morgan fingerprint density at radius 3 is 2.52 bits per heavy atom. The largest absolute Gasteiger partial charge is 0.492 e. The Morgan fingerprint density at radius 2 is 1.89 bits per heavy atom. The van der Waals surface area contributed by atoms with Gasteiger partial charge in [0.15, 0.2) is 0 Å². The molecule has 0 N–H and O–H groups in total. The first kappa shape index (κ1) is 18.9. The summed E-state index contributed by atoms with van der Waals surface area (Å²) in [4.78, 5) is 18.8. The number of hydrogen-bond donors (Lipinski definition) is 0. The molecule has 0 spiro atoms. The maximum absolute atomic E-state index is 10.9. The van der Waals surface area contributed by atoms with E-state index in [0.717, 1.165) is 38.5 Å². The van der Waals surface area contributed by atoms with E-state index in [4.69, 9.17) is 21.6 Å². The van der Waals surface area contributed by atoms with Gasteiger partial charge in [0.05, 0.1) is 4.92 Å². The second-order valence-electron chi connectivity index (χ2n) is 6.04. The van der Waals surface area contributed by atoms with Crippen LogP contribution in [0.1, 0.15) is 5.69 Å². The molecule has 0 unspecified atom stereocenters. The lowest BCUT2D eigenvalue weighted by Gasteiger charge is -2.35. The Morgan fingerprint density at radius 1 is 1.19 bits per heavy atom. The molecule has 0 bridgehead atoms. The molecule has 140 valence electrons. The Hall–Kier alpha value is -2.89. The molecule has 1 aliphatic rings. The molecule has 9 heteroatoms. The fraction of sp³-hybridized carbons (Fsp3) is 0.333. The van der Waals surface area contributed by atoms with Gasteiger partial charge >= 0.3 is 5.69 Å². The normalized spacial score (nSPS) is 14.6. The fourth-order valence-corrected chi connectivity index (χ4v) is 3.00. The maximum Gasteiger partial charge on any atom is 0.305 e. The molecule has 0 radical (unpaired) electrons. The van der Waals surface area contributed by atoms with E-state index in [9.17, 15) is 10.1 Å². The van der Waals surface area contributed by atoms with Gasteiger partial charge in [0, 0.05) is 43.8 Å². The summed E-state index contributed by atoms with van der Waals surface area (Å²) in [6.45, 7) is 4.49. The predicted octanol–water partition coefficient (Wildman–Crippen LogP) is 2.72. The highest BCUT2D eigenvalue weighted by molar-refractivity contribution is 6.30. The molecular formula is C18H18ClN5O3. The number of nitriles is 1. The number of hydrogen-bond acceptors (Lipinski definition) is 7. The molecule has 1 aromatic heterocycles. The van der Waals surface area contributed by atoms with Crippen molar-refractivity contribution in [2.45, 2.75) is 0 Å². The predicted molar refractivity (Wildman–Crippen MR) is 101 cm³/mol. The minimum atomic E-state index is -0.589. The van der Waals surface area contributed by atoms with Crippen LogP contribution in [-0.4, -0.2) is 54.1 Å². The Labute approximate surface area is 161 Å². The number of pyridine rings is 1. The summed E-state index contributed by atoms with van der Waals surface area (Å²) in [6, 6.07) is 12.0. The summed E-state index contributed by atoms with van der Waals surface area (Å²) >= 11 is 5.85. The molecule has 0 atom stereocenters. The molecule has 0 aliphatic carbocycles. The van der Waals surface area contributed by atoms with Gasteiger partial charge in [-0.1, -0.05) is 11.6 Å². The van der Waals surface area contributed by atoms with Gasteiger partial charge in [-0.15, -0.1) is 0 Å². The highest BCUT2D eigenvalue weighted by atomic mass is 35.5. The first-order valence-corrected chi connectivity index (χ1v) is 8.86. The first-order chi connectivity index (χ1) is 13.1. The van der Waals surface area contributed by atoms with Crippen LogP contribution in [0.3, 0.4) is 0 Å². The fourth-order valence-electron chi connectivity index (χ4n) is 2.87. The van der Waals surface area contributed by atoms with Crippen LogP contribution in [0.4, 0.5) is 11.5 Å². The summed E-state index contributed by atoms with van der Waals surface area (Å²) in [7, 11) is 0. The third-order valence-electron chi connectivity index (χ3n) is 4.35. The first-order valence-electron chi connectivity index (χ1n) is 8.48. The molecule has 8 nitrogen and oxygen atoms in total. The smallest absolute Gasteiger partial charge is 0.305 e. The monoisotopic (exact) mass is 387 g/mol. The molecule has 1 saturated heterocycles. The molecule has 0 amide bonds. The Balaban J connectivity index is 1.49. The molecule has 2 aromatic rings. The number of halogens is 1. The van der Waals surface area contributed by atoms with Crippen molar-refractivity contribution >= 4 is 23.1 Å². The van der Waals surface area contributed by atoms with E-state index in [1.54, 1.807) is 24.3 Å². The van der Waals surface area contributed by atoms with E-state index in [1.807, 2.05) is 17.0 Å². The minimum Gasteiger partial charge on any atom is -0.492 e. The summed E-state index contributed by atoms with van der Waals surface area (Å²) in [5.74, 6) is 1.38. The lowest BCUT2D eigenvalue weighted by molar-refractivity contribution is -0.385. The van der Waals surface area contributed by atoms with Crippen LogP contribution in [0.5, 0.6) is 5.75 Å². The highest BCUT2D eigenvalue weighted by Crippen LogP contribution is 2.21. The van der Waals surface area contributed by atoms with Gasteiger partial charge in [0.1, 0.15) is 24.2 Å². The molecular weight excluding hydrogens is 370 g/mol. The van der Waals surface area contributed by atoms with Gasteiger partial charge in [0.25, 0.3) is 0 Å². The van der Waals surface area contributed by atoms with Crippen LogP contribution in [-0.2, 0) is 0 Å². The molecule has 1 fully saturated rings. The third kappa shape index (κ3) is 4.84. The SMILES string of the molecule is N#Cc1nc(N2CCN(CCOc3ccc(Cl)cc3)CC2)ccc1[N+](=O)[O-]. The zero-order valence-electron chi connectivity index (χ0n) is 14.5. The molecule has 27 heavy (non-hydrogen) atoms. The summed E-state index contributed by atoms with van der Waals surface area (Å²) < 4.78 is 5.71. The number of ether oxygens (including phenoxy) is 1. The topological polar surface area (TPSA) is 95.5 Å².